The van der Waals surface area contributed by atoms with Crippen molar-refractivity contribution in [2.75, 3.05) is 27.2 Å². The summed E-state index contributed by atoms with van der Waals surface area (Å²) in [5.41, 5.74) is 0. The molecule has 21 heavy (non-hydrogen) atoms. The van der Waals surface area contributed by atoms with Gasteiger partial charge in [0, 0.05) is 17.6 Å². The number of benzene rings is 1. The summed E-state index contributed by atoms with van der Waals surface area (Å²) >= 11 is 9.35. The van der Waals surface area contributed by atoms with E-state index in [9.17, 15) is 8.42 Å². The van der Waals surface area contributed by atoms with Crippen molar-refractivity contribution in [1.82, 2.24) is 9.62 Å². The van der Waals surface area contributed by atoms with Gasteiger partial charge in [-0.1, -0.05) is 11.6 Å². The second-order valence-electron chi connectivity index (χ2n) is 4.92. The quantitative estimate of drug-likeness (QED) is 0.848. The van der Waals surface area contributed by atoms with Crippen molar-refractivity contribution in [3.8, 4) is 5.75 Å². The molecular formula is C13H18BrClN2O3S. The van der Waals surface area contributed by atoms with E-state index in [0.717, 1.165) is 25.9 Å². The van der Waals surface area contributed by atoms with Crippen LogP contribution in [0.3, 0.4) is 0 Å². The van der Waals surface area contributed by atoms with Crippen LogP contribution in [-0.2, 0) is 10.0 Å². The molecule has 1 fully saturated rings. The first-order valence-corrected chi connectivity index (χ1v) is 9.21. The molecule has 0 unspecified atom stereocenters. The number of ether oxygens (including phenoxy) is 1. The Balaban J connectivity index is 2.36. The van der Waals surface area contributed by atoms with Gasteiger partial charge in [-0.2, -0.15) is 4.31 Å². The summed E-state index contributed by atoms with van der Waals surface area (Å²) in [6, 6.07) is 3.01. The highest BCUT2D eigenvalue weighted by Gasteiger charge is 2.31. The van der Waals surface area contributed by atoms with Crippen molar-refractivity contribution < 1.29 is 13.2 Å². The molecule has 0 amide bonds. The largest absolute Gasteiger partial charge is 0.495 e. The molecule has 1 heterocycles. The van der Waals surface area contributed by atoms with Crippen LogP contribution in [0.2, 0.25) is 5.02 Å². The molecule has 0 saturated carbocycles. The van der Waals surface area contributed by atoms with Crippen LogP contribution in [0.1, 0.15) is 12.8 Å². The minimum atomic E-state index is -3.60. The van der Waals surface area contributed by atoms with Gasteiger partial charge in [-0.05, 0) is 54.0 Å². The van der Waals surface area contributed by atoms with Crippen LogP contribution in [0.25, 0.3) is 0 Å². The van der Waals surface area contributed by atoms with Crippen molar-refractivity contribution in [1.29, 1.82) is 0 Å². The fourth-order valence-electron chi connectivity index (χ4n) is 2.39. The van der Waals surface area contributed by atoms with E-state index >= 15 is 0 Å². The Morgan fingerprint density at radius 2 is 2.00 bits per heavy atom. The molecule has 1 aromatic rings. The van der Waals surface area contributed by atoms with Gasteiger partial charge in [0.1, 0.15) is 5.75 Å². The van der Waals surface area contributed by atoms with Crippen molar-refractivity contribution in [3.05, 3.63) is 21.6 Å². The lowest BCUT2D eigenvalue weighted by molar-refractivity contribution is 0.296. The van der Waals surface area contributed by atoms with E-state index in [1.54, 1.807) is 13.1 Å². The van der Waals surface area contributed by atoms with E-state index in [0.29, 0.717) is 10.2 Å². The molecule has 8 heteroatoms. The lowest BCUT2D eigenvalue weighted by atomic mass is 10.1. The van der Waals surface area contributed by atoms with Crippen LogP contribution in [0.4, 0.5) is 0 Å². The van der Waals surface area contributed by atoms with E-state index < -0.39 is 10.0 Å². The number of rotatable bonds is 4. The maximum atomic E-state index is 12.8. The van der Waals surface area contributed by atoms with Gasteiger partial charge in [0.2, 0.25) is 10.0 Å². The van der Waals surface area contributed by atoms with Gasteiger partial charge in [-0.25, -0.2) is 8.42 Å². The first-order valence-electron chi connectivity index (χ1n) is 6.59. The van der Waals surface area contributed by atoms with Crippen LogP contribution in [0, 0.1) is 0 Å². The topological polar surface area (TPSA) is 58.6 Å². The summed E-state index contributed by atoms with van der Waals surface area (Å²) in [4.78, 5) is 0.161. The highest BCUT2D eigenvalue weighted by Crippen LogP contribution is 2.35. The first-order chi connectivity index (χ1) is 9.87. The standard InChI is InChI=1S/C13H18BrClN2O3S/c1-17(9-3-5-16-6-4-9)21(18,19)13-8-11(15)12(20-2)7-10(13)14/h7-9,16H,3-6H2,1-2H3. The molecule has 1 aromatic carbocycles. The van der Waals surface area contributed by atoms with Crippen LogP contribution >= 0.6 is 27.5 Å². The Kier molecular flexibility index (Phi) is 5.54. The number of hydrogen-bond donors (Lipinski definition) is 1. The minimum absolute atomic E-state index is 0.00373. The third kappa shape index (κ3) is 3.53. The van der Waals surface area contributed by atoms with Gasteiger partial charge < -0.3 is 10.1 Å². The van der Waals surface area contributed by atoms with Crippen molar-refractivity contribution in [2.45, 2.75) is 23.8 Å². The predicted octanol–water partition coefficient (Wildman–Crippen LogP) is 2.48. The van der Waals surface area contributed by atoms with Gasteiger partial charge in [0.05, 0.1) is 17.0 Å². The number of methoxy groups -OCH3 is 1. The molecule has 0 spiro atoms. The molecule has 0 bridgehead atoms. The van der Waals surface area contributed by atoms with Crippen LogP contribution in [-0.4, -0.2) is 46.0 Å². The molecule has 0 radical (unpaired) electrons. The van der Waals surface area contributed by atoms with E-state index in [1.807, 2.05) is 0 Å². The average Bonchev–Trinajstić information content (AvgIpc) is 2.49. The van der Waals surface area contributed by atoms with Crippen molar-refractivity contribution in [2.24, 2.45) is 0 Å². The number of nitrogens with zero attached hydrogens (tertiary/aromatic N) is 1. The zero-order chi connectivity index (χ0) is 15.6. The highest BCUT2D eigenvalue weighted by molar-refractivity contribution is 9.10. The fourth-order valence-corrected chi connectivity index (χ4v) is 5.11. The summed E-state index contributed by atoms with van der Waals surface area (Å²) in [7, 11) is -0.488. The molecule has 0 aliphatic carbocycles. The van der Waals surface area contributed by atoms with Crippen LogP contribution in [0.15, 0.2) is 21.5 Å². The Hall–Kier alpha value is -0.340. The first kappa shape index (κ1) is 17.0. The van der Waals surface area contributed by atoms with Gasteiger partial charge in [-0.15, -0.1) is 0 Å². The van der Waals surface area contributed by atoms with E-state index in [4.69, 9.17) is 16.3 Å². The number of sulfonamides is 1. The van der Waals surface area contributed by atoms with Gasteiger partial charge in [0.25, 0.3) is 0 Å². The number of halogens is 2. The molecule has 1 saturated heterocycles. The maximum absolute atomic E-state index is 12.8. The number of piperidine rings is 1. The summed E-state index contributed by atoms with van der Waals surface area (Å²) in [5.74, 6) is 0.437. The van der Waals surface area contributed by atoms with Gasteiger partial charge in [-0.3, -0.25) is 0 Å². The lowest BCUT2D eigenvalue weighted by Crippen LogP contribution is -2.43. The van der Waals surface area contributed by atoms with Crippen LogP contribution < -0.4 is 10.1 Å². The van der Waals surface area contributed by atoms with E-state index in [-0.39, 0.29) is 16.0 Å². The average molecular weight is 398 g/mol. The molecule has 1 aliphatic rings. The van der Waals surface area contributed by atoms with Gasteiger partial charge >= 0.3 is 0 Å². The summed E-state index contributed by atoms with van der Waals surface area (Å²) in [5, 5.41) is 3.50. The molecule has 1 N–H and O–H groups in total. The normalized spacial score (nSPS) is 17.2. The predicted molar refractivity (Wildman–Crippen MR) is 86.5 cm³/mol. The van der Waals surface area contributed by atoms with Gasteiger partial charge in [0.15, 0.2) is 0 Å². The smallest absolute Gasteiger partial charge is 0.244 e. The molecule has 0 aromatic heterocycles. The van der Waals surface area contributed by atoms with Crippen molar-refractivity contribution >= 4 is 37.6 Å². The Labute approximate surface area is 138 Å². The zero-order valence-corrected chi connectivity index (χ0v) is 15.1. The second-order valence-corrected chi connectivity index (χ2v) is 8.15. The third-order valence-electron chi connectivity index (χ3n) is 3.69. The summed E-state index contributed by atoms with van der Waals surface area (Å²) in [6.07, 6.45) is 1.61. The molecule has 1 aliphatic heterocycles. The number of hydrogen-bond acceptors (Lipinski definition) is 4. The second kappa shape index (κ2) is 6.83. The SMILES string of the molecule is COc1cc(Br)c(S(=O)(=O)N(C)C2CCNCC2)cc1Cl. The molecular weight excluding hydrogens is 380 g/mol. The minimum Gasteiger partial charge on any atom is -0.495 e. The summed E-state index contributed by atoms with van der Waals surface area (Å²) < 4.78 is 32.5. The Bertz CT molecular complexity index is 618. The molecule has 0 atom stereocenters. The van der Waals surface area contributed by atoms with E-state index in [1.165, 1.54) is 17.5 Å². The molecule has 2 rings (SSSR count). The monoisotopic (exact) mass is 396 g/mol. The summed E-state index contributed by atoms with van der Waals surface area (Å²) in [6.45, 7) is 1.66. The third-order valence-corrected chi connectivity index (χ3v) is 6.85. The highest BCUT2D eigenvalue weighted by atomic mass is 79.9. The Morgan fingerprint density at radius 3 is 2.57 bits per heavy atom. The van der Waals surface area contributed by atoms with Crippen LogP contribution in [0.5, 0.6) is 5.75 Å². The molecule has 5 nitrogen and oxygen atoms in total. The fraction of sp³-hybridized carbons (Fsp3) is 0.538. The van der Waals surface area contributed by atoms with Crippen molar-refractivity contribution in [3.63, 3.8) is 0 Å². The molecule has 118 valence electrons. The lowest BCUT2D eigenvalue weighted by Gasteiger charge is -2.31. The zero-order valence-electron chi connectivity index (χ0n) is 11.9. The maximum Gasteiger partial charge on any atom is 0.244 e. The Morgan fingerprint density at radius 1 is 1.38 bits per heavy atom. The number of nitrogens with one attached hydrogen (secondary N) is 1. The van der Waals surface area contributed by atoms with E-state index in [2.05, 4.69) is 21.2 Å².